The molecule has 0 spiro atoms. The summed E-state index contributed by atoms with van der Waals surface area (Å²) >= 11 is 3.18. The summed E-state index contributed by atoms with van der Waals surface area (Å²) in [6, 6.07) is 1.97. The van der Waals surface area contributed by atoms with Crippen LogP contribution in [-0.4, -0.2) is 51.2 Å². The second kappa shape index (κ2) is 7.54. The van der Waals surface area contributed by atoms with Gasteiger partial charge in [-0.2, -0.15) is 16.3 Å². The van der Waals surface area contributed by atoms with E-state index in [9.17, 15) is 0 Å². The zero-order valence-corrected chi connectivity index (χ0v) is 15.4. The monoisotopic (exact) mass is 378 g/mol. The van der Waals surface area contributed by atoms with Crippen molar-refractivity contribution in [3.63, 3.8) is 0 Å². The molecule has 1 saturated heterocycles. The highest BCUT2D eigenvalue weighted by Gasteiger charge is 2.20. The van der Waals surface area contributed by atoms with Gasteiger partial charge in [0, 0.05) is 25.0 Å². The Labute approximate surface area is 153 Å². The van der Waals surface area contributed by atoms with Crippen LogP contribution in [0.25, 0.3) is 11.5 Å². The van der Waals surface area contributed by atoms with Gasteiger partial charge in [-0.3, -0.25) is 4.57 Å². The number of nitrogens with zero attached hydrogens (tertiary/aromatic N) is 6. The van der Waals surface area contributed by atoms with Crippen molar-refractivity contribution in [3.05, 3.63) is 22.7 Å². The largest absolute Gasteiger partial charge is 0.378 e. The van der Waals surface area contributed by atoms with Gasteiger partial charge in [0.15, 0.2) is 11.0 Å². The molecule has 0 aromatic carbocycles. The summed E-state index contributed by atoms with van der Waals surface area (Å²) in [4.78, 5) is 6.66. The standard InChI is InChI=1S/C15H18N6O2S2/c1-2-21-14(20-4-6-22-7-5-20)17-18-15(21)25-10-12-16-13(23-19-12)11-3-8-24-9-11/h3,8-9H,2,4-7,10H2,1H3. The fourth-order valence-corrected chi connectivity index (χ4v) is 4.08. The second-order valence-corrected chi connectivity index (χ2v) is 7.17. The van der Waals surface area contributed by atoms with Crippen LogP contribution in [0.5, 0.6) is 0 Å². The Morgan fingerprint density at radius 1 is 1.28 bits per heavy atom. The Bertz CT molecular complexity index is 810. The third-order valence-electron chi connectivity index (χ3n) is 3.87. The molecule has 0 unspecified atom stereocenters. The lowest BCUT2D eigenvalue weighted by atomic mass is 10.3. The van der Waals surface area contributed by atoms with Gasteiger partial charge in [0.2, 0.25) is 5.95 Å². The summed E-state index contributed by atoms with van der Waals surface area (Å²) in [6.45, 7) is 6.06. The SMILES string of the molecule is CCn1c(SCc2noc(-c3ccsc3)n2)nnc1N1CCOCC1. The van der Waals surface area contributed by atoms with Gasteiger partial charge in [0.05, 0.1) is 24.5 Å². The minimum Gasteiger partial charge on any atom is -0.378 e. The van der Waals surface area contributed by atoms with E-state index in [4.69, 9.17) is 9.26 Å². The highest BCUT2D eigenvalue weighted by atomic mass is 32.2. The van der Waals surface area contributed by atoms with Crippen LogP contribution in [0.1, 0.15) is 12.7 Å². The normalized spacial score (nSPS) is 15.0. The van der Waals surface area contributed by atoms with E-state index in [1.54, 1.807) is 23.1 Å². The molecular weight excluding hydrogens is 360 g/mol. The van der Waals surface area contributed by atoms with E-state index in [0.29, 0.717) is 17.5 Å². The maximum atomic E-state index is 5.41. The number of thiophene rings is 1. The van der Waals surface area contributed by atoms with Crippen molar-refractivity contribution in [2.75, 3.05) is 31.2 Å². The molecule has 0 N–H and O–H groups in total. The lowest BCUT2D eigenvalue weighted by Crippen LogP contribution is -2.38. The maximum Gasteiger partial charge on any atom is 0.258 e. The van der Waals surface area contributed by atoms with Crippen molar-refractivity contribution in [2.24, 2.45) is 0 Å². The molecule has 0 atom stereocenters. The predicted molar refractivity (Wildman–Crippen MR) is 95.9 cm³/mol. The van der Waals surface area contributed by atoms with Crippen LogP contribution in [0.15, 0.2) is 26.5 Å². The van der Waals surface area contributed by atoms with Gasteiger partial charge >= 0.3 is 0 Å². The average Bonchev–Trinajstić information content (AvgIpc) is 3.39. The summed E-state index contributed by atoms with van der Waals surface area (Å²) in [5.74, 6) is 2.71. The number of hydrogen-bond acceptors (Lipinski definition) is 9. The molecule has 4 rings (SSSR count). The van der Waals surface area contributed by atoms with Crippen LogP contribution in [0.4, 0.5) is 5.95 Å². The lowest BCUT2D eigenvalue weighted by Gasteiger charge is -2.27. The minimum absolute atomic E-state index is 0.558. The highest BCUT2D eigenvalue weighted by molar-refractivity contribution is 7.98. The first-order valence-corrected chi connectivity index (χ1v) is 10.0. The number of aromatic nitrogens is 5. The first kappa shape index (κ1) is 16.6. The van der Waals surface area contributed by atoms with Crippen LogP contribution in [0.3, 0.4) is 0 Å². The molecule has 1 aliphatic heterocycles. The fourth-order valence-electron chi connectivity index (χ4n) is 2.61. The van der Waals surface area contributed by atoms with Gasteiger partial charge in [-0.05, 0) is 18.4 Å². The molecule has 3 aromatic heterocycles. The Balaban J connectivity index is 1.45. The van der Waals surface area contributed by atoms with Crippen LogP contribution < -0.4 is 4.90 Å². The highest BCUT2D eigenvalue weighted by Crippen LogP contribution is 2.26. The first-order valence-electron chi connectivity index (χ1n) is 8.09. The summed E-state index contributed by atoms with van der Waals surface area (Å²) in [6.07, 6.45) is 0. The molecular formula is C15H18N6O2S2. The summed E-state index contributed by atoms with van der Waals surface area (Å²) in [5.41, 5.74) is 0.958. The summed E-state index contributed by atoms with van der Waals surface area (Å²) in [5, 5.41) is 17.6. The molecule has 3 aromatic rings. The Hall–Kier alpha value is -1.91. The van der Waals surface area contributed by atoms with E-state index < -0.39 is 0 Å². The Morgan fingerprint density at radius 2 is 2.16 bits per heavy atom. The van der Waals surface area contributed by atoms with Gasteiger partial charge in [0.25, 0.3) is 5.89 Å². The molecule has 132 valence electrons. The van der Waals surface area contributed by atoms with Crippen LogP contribution in [0.2, 0.25) is 0 Å². The first-order chi connectivity index (χ1) is 12.3. The molecule has 10 heteroatoms. The van der Waals surface area contributed by atoms with Crippen molar-refractivity contribution in [3.8, 4) is 11.5 Å². The molecule has 25 heavy (non-hydrogen) atoms. The molecule has 0 saturated carbocycles. The fraction of sp³-hybridized carbons (Fsp3) is 0.467. The van der Waals surface area contributed by atoms with Crippen molar-refractivity contribution in [2.45, 2.75) is 24.4 Å². The van der Waals surface area contributed by atoms with Gasteiger partial charge in [-0.1, -0.05) is 16.9 Å². The molecule has 0 aliphatic carbocycles. The number of hydrogen-bond donors (Lipinski definition) is 0. The number of anilines is 1. The van der Waals surface area contributed by atoms with Crippen molar-refractivity contribution >= 4 is 29.0 Å². The Kier molecular flexibility index (Phi) is 4.99. The molecule has 0 bridgehead atoms. The maximum absolute atomic E-state index is 5.41. The van der Waals surface area contributed by atoms with E-state index in [0.717, 1.165) is 49.5 Å². The predicted octanol–water partition coefficient (Wildman–Crippen LogP) is 2.54. The van der Waals surface area contributed by atoms with Crippen LogP contribution >= 0.6 is 23.1 Å². The molecule has 4 heterocycles. The van der Waals surface area contributed by atoms with Gasteiger partial charge in [0.1, 0.15) is 0 Å². The van der Waals surface area contributed by atoms with E-state index in [1.165, 1.54) is 0 Å². The zero-order valence-electron chi connectivity index (χ0n) is 13.8. The lowest BCUT2D eigenvalue weighted by molar-refractivity contribution is 0.121. The molecule has 1 fully saturated rings. The smallest absolute Gasteiger partial charge is 0.258 e. The number of ether oxygens (including phenoxy) is 1. The third kappa shape index (κ3) is 3.55. The average molecular weight is 378 g/mol. The summed E-state index contributed by atoms with van der Waals surface area (Å²) in [7, 11) is 0. The van der Waals surface area contributed by atoms with E-state index >= 15 is 0 Å². The van der Waals surface area contributed by atoms with Gasteiger partial charge in [-0.15, -0.1) is 10.2 Å². The van der Waals surface area contributed by atoms with Crippen molar-refractivity contribution < 1.29 is 9.26 Å². The number of thioether (sulfide) groups is 1. The second-order valence-electron chi connectivity index (χ2n) is 5.44. The van der Waals surface area contributed by atoms with E-state index in [1.807, 2.05) is 16.8 Å². The van der Waals surface area contributed by atoms with Gasteiger partial charge < -0.3 is 14.2 Å². The minimum atomic E-state index is 0.558. The molecule has 0 radical (unpaired) electrons. The topological polar surface area (TPSA) is 82.1 Å². The quantitative estimate of drug-likeness (QED) is 0.605. The number of rotatable bonds is 6. The molecule has 0 amide bonds. The molecule has 1 aliphatic rings. The Morgan fingerprint density at radius 3 is 2.92 bits per heavy atom. The summed E-state index contributed by atoms with van der Waals surface area (Å²) < 4.78 is 12.9. The number of morpholine rings is 1. The molecule has 8 nitrogen and oxygen atoms in total. The van der Waals surface area contributed by atoms with Crippen LogP contribution in [0, 0.1) is 0 Å². The van der Waals surface area contributed by atoms with E-state index in [2.05, 4.69) is 36.7 Å². The van der Waals surface area contributed by atoms with Crippen LogP contribution in [-0.2, 0) is 17.0 Å². The zero-order chi connectivity index (χ0) is 17.1. The van der Waals surface area contributed by atoms with Crippen molar-refractivity contribution in [1.82, 2.24) is 24.9 Å². The van der Waals surface area contributed by atoms with Crippen molar-refractivity contribution in [1.29, 1.82) is 0 Å². The third-order valence-corrected chi connectivity index (χ3v) is 5.52. The van der Waals surface area contributed by atoms with E-state index in [-0.39, 0.29) is 0 Å². The van der Waals surface area contributed by atoms with Gasteiger partial charge in [-0.25, -0.2) is 0 Å².